The van der Waals surface area contributed by atoms with E-state index in [0.717, 1.165) is 45.2 Å². The van der Waals surface area contributed by atoms with Gasteiger partial charge in [-0.3, -0.25) is 4.68 Å². The van der Waals surface area contributed by atoms with Gasteiger partial charge in [0.05, 0.1) is 16.4 Å². The first kappa shape index (κ1) is 15.4. The van der Waals surface area contributed by atoms with Crippen molar-refractivity contribution >= 4 is 27.5 Å². The summed E-state index contributed by atoms with van der Waals surface area (Å²) in [6.07, 6.45) is 0.830. The summed E-state index contributed by atoms with van der Waals surface area (Å²) in [7, 11) is 0. The molecule has 5 heteroatoms. The minimum absolute atomic E-state index is 0.431. The van der Waals surface area contributed by atoms with E-state index >= 15 is 0 Å². The van der Waals surface area contributed by atoms with Gasteiger partial charge in [0, 0.05) is 11.0 Å². The monoisotopic (exact) mass is 356 g/mol. The lowest BCUT2D eigenvalue weighted by molar-refractivity contribution is 0.292. The molecule has 1 aromatic heterocycles. The summed E-state index contributed by atoms with van der Waals surface area (Å²) in [4.78, 5) is 0. The quantitative estimate of drug-likeness (QED) is 0.771. The molecule has 2 rings (SSSR count). The van der Waals surface area contributed by atoms with Crippen molar-refractivity contribution in [1.82, 2.24) is 9.78 Å². The molecule has 0 unspecified atom stereocenters. The lowest BCUT2D eigenvalue weighted by atomic mass is 10.2. The SMILES string of the molecule is CCc1nn(CC)c(COc2ccc(Br)c(C)c2)c1Cl. The minimum Gasteiger partial charge on any atom is -0.487 e. The Hall–Kier alpha value is -1.000. The molecule has 3 nitrogen and oxygen atoms in total. The van der Waals surface area contributed by atoms with Crippen LogP contribution in [0.4, 0.5) is 0 Å². The van der Waals surface area contributed by atoms with E-state index in [1.165, 1.54) is 0 Å². The average Bonchev–Trinajstić information content (AvgIpc) is 2.76. The smallest absolute Gasteiger partial charge is 0.131 e. The number of hydrogen-bond donors (Lipinski definition) is 0. The summed E-state index contributed by atoms with van der Waals surface area (Å²) in [6.45, 7) is 7.36. The molecule has 108 valence electrons. The molecular formula is C15H18BrClN2O. The second kappa shape index (κ2) is 6.64. The highest BCUT2D eigenvalue weighted by atomic mass is 79.9. The zero-order valence-electron chi connectivity index (χ0n) is 11.9. The molecule has 1 aromatic carbocycles. The summed E-state index contributed by atoms with van der Waals surface area (Å²) in [5, 5.41) is 5.21. The van der Waals surface area contributed by atoms with Crippen molar-refractivity contribution in [3.63, 3.8) is 0 Å². The van der Waals surface area contributed by atoms with E-state index in [4.69, 9.17) is 16.3 Å². The molecule has 0 spiro atoms. The number of rotatable bonds is 5. The van der Waals surface area contributed by atoms with Gasteiger partial charge in [-0.1, -0.05) is 34.5 Å². The predicted molar refractivity (Wildman–Crippen MR) is 85.5 cm³/mol. The van der Waals surface area contributed by atoms with Crippen LogP contribution in [0.1, 0.15) is 30.8 Å². The molecule has 0 atom stereocenters. The minimum atomic E-state index is 0.431. The van der Waals surface area contributed by atoms with Crippen LogP contribution in [0.5, 0.6) is 5.75 Å². The Balaban J connectivity index is 2.17. The van der Waals surface area contributed by atoms with Crippen LogP contribution in [0.15, 0.2) is 22.7 Å². The molecule has 0 saturated heterocycles. The summed E-state index contributed by atoms with van der Waals surface area (Å²) in [5.74, 6) is 0.837. The van der Waals surface area contributed by atoms with Crippen LogP contribution >= 0.6 is 27.5 Å². The number of hydrogen-bond acceptors (Lipinski definition) is 2. The number of benzene rings is 1. The third-order valence-corrected chi connectivity index (χ3v) is 4.53. The topological polar surface area (TPSA) is 27.1 Å². The van der Waals surface area contributed by atoms with E-state index in [9.17, 15) is 0 Å². The van der Waals surface area contributed by atoms with E-state index < -0.39 is 0 Å². The third kappa shape index (κ3) is 3.18. The highest BCUT2D eigenvalue weighted by Crippen LogP contribution is 2.25. The second-order valence-electron chi connectivity index (χ2n) is 4.58. The van der Waals surface area contributed by atoms with E-state index in [-0.39, 0.29) is 0 Å². The molecule has 2 aromatic rings. The number of nitrogens with zero attached hydrogens (tertiary/aromatic N) is 2. The van der Waals surface area contributed by atoms with Gasteiger partial charge in [0.1, 0.15) is 12.4 Å². The van der Waals surface area contributed by atoms with Crippen molar-refractivity contribution in [2.45, 2.75) is 40.3 Å². The Morgan fingerprint density at radius 1 is 1.35 bits per heavy atom. The first-order valence-electron chi connectivity index (χ1n) is 6.69. The Kier molecular flexibility index (Phi) is 5.11. The van der Waals surface area contributed by atoms with Gasteiger partial charge in [0.25, 0.3) is 0 Å². The van der Waals surface area contributed by atoms with Crippen molar-refractivity contribution in [3.05, 3.63) is 44.6 Å². The molecule has 1 heterocycles. The van der Waals surface area contributed by atoms with Gasteiger partial charge in [-0.15, -0.1) is 0 Å². The van der Waals surface area contributed by atoms with Crippen LogP contribution < -0.4 is 4.74 Å². The molecular weight excluding hydrogens is 340 g/mol. The number of ether oxygens (including phenoxy) is 1. The Labute approximate surface area is 133 Å². The normalized spacial score (nSPS) is 10.8. The number of aromatic nitrogens is 2. The molecule has 0 saturated carbocycles. The van der Waals surface area contributed by atoms with E-state index in [0.29, 0.717) is 6.61 Å². The summed E-state index contributed by atoms with van der Waals surface area (Å²) in [6, 6.07) is 5.94. The van der Waals surface area contributed by atoms with Crippen molar-refractivity contribution in [3.8, 4) is 5.75 Å². The van der Waals surface area contributed by atoms with Crippen LogP contribution in [-0.2, 0) is 19.6 Å². The van der Waals surface area contributed by atoms with Crippen molar-refractivity contribution in [2.24, 2.45) is 0 Å². The maximum absolute atomic E-state index is 6.36. The van der Waals surface area contributed by atoms with Crippen LogP contribution in [-0.4, -0.2) is 9.78 Å². The first-order chi connectivity index (χ1) is 9.56. The molecule has 20 heavy (non-hydrogen) atoms. The molecule has 0 radical (unpaired) electrons. The molecule has 0 aliphatic carbocycles. The summed E-state index contributed by atoms with van der Waals surface area (Å²) in [5.41, 5.74) is 3.01. The summed E-state index contributed by atoms with van der Waals surface area (Å²) >= 11 is 9.84. The molecule has 0 aliphatic heterocycles. The number of halogens is 2. The molecule has 0 amide bonds. The average molecular weight is 358 g/mol. The Morgan fingerprint density at radius 2 is 2.10 bits per heavy atom. The fourth-order valence-electron chi connectivity index (χ4n) is 2.01. The van der Waals surface area contributed by atoms with Crippen LogP contribution in [0.25, 0.3) is 0 Å². The van der Waals surface area contributed by atoms with Crippen LogP contribution in [0.3, 0.4) is 0 Å². The first-order valence-corrected chi connectivity index (χ1v) is 7.86. The van der Waals surface area contributed by atoms with Gasteiger partial charge in [-0.25, -0.2) is 0 Å². The Bertz CT molecular complexity index is 610. The summed E-state index contributed by atoms with van der Waals surface area (Å²) < 4.78 is 8.83. The highest BCUT2D eigenvalue weighted by Gasteiger charge is 2.14. The highest BCUT2D eigenvalue weighted by molar-refractivity contribution is 9.10. The van der Waals surface area contributed by atoms with Gasteiger partial charge >= 0.3 is 0 Å². The molecule has 0 aliphatic rings. The fraction of sp³-hybridized carbons (Fsp3) is 0.400. The maximum atomic E-state index is 6.36. The largest absolute Gasteiger partial charge is 0.487 e. The standard InChI is InChI=1S/C15H18BrClN2O/c1-4-13-15(17)14(19(5-2)18-13)9-20-11-6-7-12(16)10(3)8-11/h6-8H,4-5,9H2,1-3H3. The van der Waals surface area contributed by atoms with E-state index in [2.05, 4.69) is 34.9 Å². The zero-order valence-corrected chi connectivity index (χ0v) is 14.3. The van der Waals surface area contributed by atoms with Gasteiger partial charge in [0.2, 0.25) is 0 Å². The molecule has 0 fully saturated rings. The Morgan fingerprint density at radius 3 is 2.70 bits per heavy atom. The van der Waals surface area contributed by atoms with E-state index in [1.54, 1.807) is 0 Å². The van der Waals surface area contributed by atoms with Crippen LogP contribution in [0, 0.1) is 6.92 Å². The third-order valence-electron chi connectivity index (χ3n) is 3.20. The van der Waals surface area contributed by atoms with Gasteiger partial charge in [-0.2, -0.15) is 5.10 Å². The van der Waals surface area contributed by atoms with Crippen molar-refractivity contribution < 1.29 is 4.74 Å². The maximum Gasteiger partial charge on any atom is 0.131 e. The van der Waals surface area contributed by atoms with Crippen LogP contribution in [0.2, 0.25) is 5.02 Å². The number of aryl methyl sites for hydroxylation is 3. The lowest BCUT2D eigenvalue weighted by Crippen LogP contribution is -2.06. The van der Waals surface area contributed by atoms with Gasteiger partial charge in [-0.05, 0) is 44.0 Å². The molecule has 0 bridgehead atoms. The van der Waals surface area contributed by atoms with Crippen molar-refractivity contribution in [2.75, 3.05) is 0 Å². The molecule has 0 N–H and O–H groups in total. The second-order valence-corrected chi connectivity index (χ2v) is 5.81. The van der Waals surface area contributed by atoms with Crippen molar-refractivity contribution in [1.29, 1.82) is 0 Å². The van der Waals surface area contributed by atoms with Gasteiger partial charge in [0.15, 0.2) is 0 Å². The van der Waals surface area contributed by atoms with E-state index in [1.807, 2.05) is 29.8 Å². The van der Waals surface area contributed by atoms with Gasteiger partial charge < -0.3 is 4.74 Å². The zero-order chi connectivity index (χ0) is 14.7. The predicted octanol–water partition coefficient (Wildman–Crippen LogP) is 4.77. The fourth-order valence-corrected chi connectivity index (χ4v) is 2.58. The lowest BCUT2D eigenvalue weighted by Gasteiger charge is -2.09.